The lowest BCUT2D eigenvalue weighted by atomic mass is 9.86. The lowest BCUT2D eigenvalue weighted by molar-refractivity contribution is -0.137. The average molecular weight is 354 g/mol. The van der Waals surface area contributed by atoms with Crippen molar-refractivity contribution in [3.8, 4) is 5.75 Å². The van der Waals surface area contributed by atoms with Gasteiger partial charge in [0.2, 0.25) is 5.91 Å². The molecule has 1 fully saturated rings. The number of rotatable bonds is 5. The topological polar surface area (TPSA) is 62.7 Å². The number of aryl methyl sites for hydroxylation is 1. The molecule has 3 rings (SSSR count). The van der Waals surface area contributed by atoms with Crippen LogP contribution in [0.15, 0.2) is 42.7 Å². The number of pyridine rings is 1. The van der Waals surface area contributed by atoms with E-state index in [9.17, 15) is 9.90 Å². The largest absolute Gasteiger partial charge is 0.497 e. The molecular weight excluding hydrogens is 328 g/mol. The van der Waals surface area contributed by atoms with E-state index >= 15 is 0 Å². The summed E-state index contributed by atoms with van der Waals surface area (Å²) in [6, 6.07) is 9.07. The lowest BCUT2D eigenvalue weighted by Crippen LogP contribution is -2.48. The van der Waals surface area contributed by atoms with Gasteiger partial charge in [0.05, 0.1) is 19.6 Å². The molecule has 5 heteroatoms. The highest BCUT2D eigenvalue weighted by molar-refractivity contribution is 5.80. The molecule has 1 amide bonds. The number of aromatic nitrogens is 1. The van der Waals surface area contributed by atoms with E-state index in [1.165, 1.54) is 0 Å². The Labute approximate surface area is 154 Å². The molecule has 1 aliphatic heterocycles. The fourth-order valence-corrected chi connectivity index (χ4v) is 3.74. The molecule has 1 aliphatic rings. The van der Waals surface area contributed by atoms with Crippen molar-refractivity contribution in [2.24, 2.45) is 0 Å². The second-order valence-corrected chi connectivity index (χ2v) is 7.10. The second kappa shape index (κ2) is 7.46. The number of methoxy groups -OCH3 is 1. The Morgan fingerprint density at radius 2 is 2.08 bits per heavy atom. The smallest absolute Gasteiger partial charge is 0.227 e. The number of carbonyl (C=O) groups excluding carboxylic acids is 1. The Kier molecular flexibility index (Phi) is 5.28. The van der Waals surface area contributed by atoms with Crippen molar-refractivity contribution in [2.45, 2.75) is 44.8 Å². The third kappa shape index (κ3) is 3.58. The molecule has 2 atom stereocenters. The highest BCUT2D eigenvalue weighted by Gasteiger charge is 2.42. The summed E-state index contributed by atoms with van der Waals surface area (Å²) in [4.78, 5) is 18.9. The van der Waals surface area contributed by atoms with Crippen molar-refractivity contribution >= 4 is 5.91 Å². The summed E-state index contributed by atoms with van der Waals surface area (Å²) in [5, 5.41) is 11.2. The van der Waals surface area contributed by atoms with E-state index in [1.807, 2.05) is 42.2 Å². The van der Waals surface area contributed by atoms with Crippen LogP contribution in [0.1, 0.15) is 36.5 Å². The van der Waals surface area contributed by atoms with Crippen LogP contribution in [-0.4, -0.2) is 40.6 Å². The third-order valence-corrected chi connectivity index (χ3v) is 5.37. The van der Waals surface area contributed by atoms with E-state index in [2.05, 4.69) is 4.98 Å². The maximum atomic E-state index is 12.9. The molecule has 0 saturated carbocycles. The van der Waals surface area contributed by atoms with Crippen molar-refractivity contribution in [1.29, 1.82) is 0 Å². The van der Waals surface area contributed by atoms with E-state index in [4.69, 9.17) is 4.74 Å². The van der Waals surface area contributed by atoms with Crippen molar-refractivity contribution in [2.75, 3.05) is 13.7 Å². The number of benzene rings is 1. The summed E-state index contributed by atoms with van der Waals surface area (Å²) >= 11 is 0. The van der Waals surface area contributed by atoms with Crippen LogP contribution in [0.3, 0.4) is 0 Å². The summed E-state index contributed by atoms with van der Waals surface area (Å²) in [5.74, 6) is 0.799. The minimum atomic E-state index is -1.11. The maximum absolute atomic E-state index is 12.9. The molecule has 2 unspecified atom stereocenters. The van der Waals surface area contributed by atoms with Crippen LogP contribution in [0.4, 0.5) is 0 Å². The van der Waals surface area contributed by atoms with Crippen LogP contribution >= 0.6 is 0 Å². The van der Waals surface area contributed by atoms with E-state index in [-0.39, 0.29) is 11.9 Å². The molecule has 1 saturated heterocycles. The van der Waals surface area contributed by atoms with Gasteiger partial charge < -0.3 is 14.7 Å². The Balaban J connectivity index is 1.79. The van der Waals surface area contributed by atoms with Gasteiger partial charge in [0, 0.05) is 18.9 Å². The predicted octanol–water partition coefficient (Wildman–Crippen LogP) is 2.84. The van der Waals surface area contributed by atoms with Crippen LogP contribution in [0.2, 0.25) is 0 Å². The van der Waals surface area contributed by atoms with Crippen LogP contribution in [0, 0.1) is 6.92 Å². The molecule has 2 aromatic rings. The summed E-state index contributed by atoms with van der Waals surface area (Å²) in [6.07, 6.45) is 5.52. The zero-order chi connectivity index (χ0) is 18.7. The Hall–Kier alpha value is -2.40. The summed E-state index contributed by atoms with van der Waals surface area (Å²) in [7, 11) is 1.62. The fraction of sp³-hybridized carbons (Fsp3) is 0.429. The van der Waals surface area contributed by atoms with Gasteiger partial charge in [-0.3, -0.25) is 9.78 Å². The highest BCUT2D eigenvalue weighted by atomic mass is 16.5. The van der Waals surface area contributed by atoms with Gasteiger partial charge in [0.15, 0.2) is 0 Å². The molecule has 0 radical (unpaired) electrons. The van der Waals surface area contributed by atoms with E-state index < -0.39 is 5.60 Å². The number of nitrogens with zero attached hydrogens (tertiary/aromatic N) is 2. The zero-order valence-electron chi connectivity index (χ0n) is 15.6. The van der Waals surface area contributed by atoms with Gasteiger partial charge in [-0.05, 0) is 61.6 Å². The van der Waals surface area contributed by atoms with Gasteiger partial charge in [-0.25, -0.2) is 0 Å². The van der Waals surface area contributed by atoms with Gasteiger partial charge >= 0.3 is 0 Å². The van der Waals surface area contributed by atoms with Crippen molar-refractivity contribution in [3.05, 3.63) is 59.4 Å². The van der Waals surface area contributed by atoms with Crippen molar-refractivity contribution in [1.82, 2.24) is 9.88 Å². The normalized spacial score (nSPS) is 19.2. The first kappa shape index (κ1) is 18.4. The average Bonchev–Trinajstić information content (AvgIpc) is 3.14. The fourth-order valence-electron chi connectivity index (χ4n) is 3.74. The Morgan fingerprint density at radius 1 is 1.35 bits per heavy atom. The number of ether oxygens (including phenoxy) is 1. The van der Waals surface area contributed by atoms with Gasteiger partial charge in [-0.15, -0.1) is 0 Å². The molecule has 1 N–H and O–H groups in total. The first-order valence-electron chi connectivity index (χ1n) is 8.99. The third-order valence-electron chi connectivity index (χ3n) is 5.37. The number of likely N-dealkylation sites (tertiary alicyclic amines) is 1. The molecule has 2 heterocycles. The van der Waals surface area contributed by atoms with E-state index in [0.29, 0.717) is 13.0 Å². The van der Waals surface area contributed by atoms with Gasteiger partial charge in [-0.2, -0.15) is 0 Å². The van der Waals surface area contributed by atoms with Crippen molar-refractivity contribution in [3.63, 3.8) is 0 Å². The van der Waals surface area contributed by atoms with E-state index in [0.717, 1.165) is 35.3 Å². The molecule has 138 valence electrons. The first-order chi connectivity index (χ1) is 12.4. The molecular formula is C21H26N2O3. The molecule has 1 aromatic carbocycles. The van der Waals surface area contributed by atoms with Gasteiger partial charge in [-0.1, -0.05) is 12.1 Å². The Bertz CT molecular complexity index is 771. The lowest BCUT2D eigenvalue weighted by Gasteiger charge is -2.37. The molecule has 0 spiro atoms. The minimum absolute atomic E-state index is 0.0515. The number of hydrogen-bond acceptors (Lipinski definition) is 4. The molecule has 5 nitrogen and oxygen atoms in total. The molecule has 1 aromatic heterocycles. The van der Waals surface area contributed by atoms with Crippen LogP contribution in [-0.2, 0) is 16.8 Å². The number of aliphatic hydroxyl groups is 1. The first-order valence-corrected chi connectivity index (χ1v) is 8.99. The number of amides is 1. The molecule has 0 bridgehead atoms. The summed E-state index contributed by atoms with van der Waals surface area (Å²) < 4.78 is 5.19. The standard InChI is InChI=1S/C21H26N2O3/c1-15-14-22-11-10-16(15)13-20(24)23-12-4-5-19(23)21(2,25)17-6-8-18(26-3)9-7-17/h6-11,14,19,25H,4-5,12-13H2,1-3H3. The number of hydrogen-bond donors (Lipinski definition) is 1. The van der Waals surface area contributed by atoms with Gasteiger partial charge in [0.1, 0.15) is 11.4 Å². The van der Waals surface area contributed by atoms with Crippen molar-refractivity contribution < 1.29 is 14.6 Å². The maximum Gasteiger partial charge on any atom is 0.227 e. The quantitative estimate of drug-likeness (QED) is 0.897. The Morgan fingerprint density at radius 3 is 2.73 bits per heavy atom. The summed E-state index contributed by atoms with van der Waals surface area (Å²) in [5.41, 5.74) is 1.69. The predicted molar refractivity (Wildman–Crippen MR) is 100.0 cm³/mol. The zero-order valence-corrected chi connectivity index (χ0v) is 15.6. The minimum Gasteiger partial charge on any atom is -0.497 e. The van der Waals surface area contributed by atoms with Gasteiger partial charge in [0.25, 0.3) is 0 Å². The SMILES string of the molecule is COc1ccc(C(C)(O)C2CCCN2C(=O)Cc2ccncc2C)cc1. The molecule has 26 heavy (non-hydrogen) atoms. The highest BCUT2D eigenvalue weighted by Crippen LogP contribution is 2.35. The molecule has 0 aliphatic carbocycles. The monoisotopic (exact) mass is 354 g/mol. The van der Waals surface area contributed by atoms with E-state index in [1.54, 1.807) is 26.4 Å². The summed E-state index contributed by atoms with van der Waals surface area (Å²) in [6.45, 7) is 4.44. The van der Waals surface area contributed by atoms with Crippen LogP contribution in [0.25, 0.3) is 0 Å². The van der Waals surface area contributed by atoms with Crippen LogP contribution in [0.5, 0.6) is 5.75 Å². The second-order valence-electron chi connectivity index (χ2n) is 7.10. The van der Waals surface area contributed by atoms with Crippen LogP contribution < -0.4 is 4.74 Å². The number of carbonyl (C=O) groups is 1.